The van der Waals surface area contributed by atoms with Gasteiger partial charge in [0.2, 0.25) is 18.0 Å². The minimum atomic E-state index is -1.14. The van der Waals surface area contributed by atoms with Gasteiger partial charge in [-0.1, -0.05) is 75.4 Å². The number of primary amides is 1. The number of nitrogens with two attached hydrogens (primary N) is 1. The Hall–Kier alpha value is -3.74. The van der Waals surface area contributed by atoms with Crippen LogP contribution in [-0.4, -0.2) is 36.1 Å². The number of para-hydroxylation sites is 1. The maximum Gasteiger partial charge on any atom is 0.272 e. The molecule has 0 aliphatic carbocycles. The van der Waals surface area contributed by atoms with Gasteiger partial charge in [0, 0.05) is 17.7 Å². The number of fused-ring (bicyclic) bond motifs is 1. The summed E-state index contributed by atoms with van der Waals surface area (Å²) in [5, 5.41) is 2.87. The van der Waals surface area contributed by atoms with Crippen molar-refractivity contribution in [2.24, 2.45) is 28.5 Å². The van der Waals surface area contributed by atoms with Gasteiger partial charge in [-0.3, -0.25) is 14.4 Å². The number of benzodiazepines with no additional fused rings is 1. The van der Waals surface area contributed by atoms with Gasteiger partial charge in [-0.15, -0.1) is 6.58 Å². The van der Waals surface area contributed by atoms with Crippen molar-refractivity contribution in [1.82, 2.24) is 5.32 Å². The number of rotatable bonds is 11. The van der Waals surface area contributed by atoms with Gasteiger partial charge >= 0.3 is 0 Å². The largest absolute Gasteiger partial charge is 0.369 e. The molecule has 1 heterocycles. The number of amides is 3. The van der Waals surface area contributed by atoms with E-state index in [1.54, 1.807) is 11.0 Å². The lowest BCUT2D eigenvalue weighted by Crippen LogP contribution is -2.51. The first-order chi connectivity index (χ1) is 17.3. The van der Waals surface area contributed by atoms with Gasteiger partial charge in [0.05, 0.1) is 23.2 Å². The van der Waals surface area contributed by atoms with Crippen LogP contribution in [-0.2, 0) is 14.4 Å². The number of nitrogens with zero attached hydrogens (tertiary/aromatic N) is 2. The van der Waals surface area contributed by atoms with Gasteiger partial charge in [0.1, 0.15) is 0 Å². The molecule has 3 atom stereocenters. The zero-order chi connectivity index (χ0) is 26.2. The van der Waals surface area contributed by atoms with Crippen molar-refractivity contribution in [3.8, 4) is 0 Å². The summed E-state index contributed by atoms with van der Waals surface area (Å²) in [5.74, 6) is -2.56. The molecule has 3 amide bonds. The molecule has 3 N–H and O–H groups in total. The molecule has 0 saturated heterocycles. The normalized spacial score (nSPS) is 17.0. The lowest BCUT2D eigenvalue weighted by molar-refractivity contribution is -0.135. The first-order valence-electron chi connectivity index (χ1n) is 12.5. The molecule has 0 radical (unpaired) electrons. The Morgan fingerprint density at radius 3 is 2.39 bits per heavy atom. The number of carbonyl (C=O) groups is 3. The highest BCUT2D eigenvalue weighted by Crippen LogP contribution is 2.29. The lowest BCUT2D eigenvalue weighted by Gasteiger charge is -2.28. The summed E-state index contributed by atoms with van der Waals surface area (Å²) in [7, 11) is 0. The van der Waals surface area contributed by atoms with Crippen molar-refractivity contribution in [3.05, 3.63) is 78.4 Å². The second-order valence-corrected chi connectivity index (χ2v) is 9.53. The monoisotopic (exact) mass is 488 g/mol. The topological polar surface area (TPSA) is 105 Å². The summed E-state index contributed by atoms with van der Waals surface area (Å²) in [4.78, 5) is 46.1. The van der Waals surface area contributed by atoms with Gasteiger partial charge in [0.25, 0.3) is 5.91 Å². The Labute approximate surface area is 213 Å². The van der Waals surface area contributed by atoms with Crippen LogP contribution in [0, 0.1) is 17.8 Å². The second-order valence-electron chi connectivity index (χ2n) is 9.53. The molecule has 1 aliphatic rings. The van der Waals surface area contributed by atoms with E-state index in [0.717, 1.165) is 23.2 Å². The fourth-order valence-electron chi connectivity index (χ4n) is 4.67. The van der Waals surface area contributed by atoms with E-state index >= 15 is 0 Å². The third kappa shape index (κ3) is 6.08. The lowest BCUT2D eigenvalue weighted by atomic mass is 9.82. The maximum absolute atomic E-state index is 13.8. The van der Waals surface area contributed by atoms with Gasteiger partial charge in [-0.25, -0.2) is 4.99 Å². The van der Waals surface area contributed by atoms with Crippen molar-refractivity contribution in [3.63, 3.8) is 0 Å². The van der Waals surface area contributed by atoms with E-state index in [0.29, 0.717) is 18.7 Å². The maximum atomic E-state index is 13.8. The van der Waals surface area contributed by atoms with Gasteiger partial charge in [-0.2, -0.15) is 0 Å². The molecule has 0 saturated carbocycles. The first kappa shape index (κ1) is 26.9. The zero-order valence-corrected chi connectivity index (χ0v) is 21.3. The number of anilines is 1. The van der Waals surface area contributed by atoms with E-state index in [1.807, 2.05) is 75.4 Å². The van der Waals surface area contributed by atoms with Crippen LogP contribution >= 0.6 is 0 Å². The summed E-state index contributed by atoms with van der Waals surface area (Å²) >= 11 is 0. The van der Waals surface area contributed by atoms with Crippen LogP contribution in [0.3, 0.4) is 0 Å². The molecule has 7 heteroatoms. The van der Waals surface area contributed by atoms with Crippen molar-refractivity contribution in [1.29, 1.82) is 0 Å². The van der Waals surface area contributed by atoms with Crippen molar-refractivity contribution in [2.75, 3.05) is 11.4 Å². The minimum absolute atomic E-state index is 0.140. The van der Waals surface area contributed by atoms with Crippen LogP contribution in [0.2, 0.25) is 0 Å². The second kappa shape index (κ2) is 12.3. The average molecular weight is 489 g/mol. The predicted octanol–water partition coefficient (Wildman–Crippen LogP) is 4.06. The first-order valence-corrected chi connectivity index (χ1v) is 12.5. The molecule has 0 aromatic heterocycles. The summed E-state index contributed by atoms with van der Waals surface area (Å²) in [6.07, 6.45) is 1.92. The Bertz CT molecular complexity index is 1130. The number of hydrogen-bond acceptors (Lipinski definition) is 4. The molecule has 190 valence electrons. The molecular formula is C29H36N4O3. The Kier molecular flexibility index (Phi) is 9.17. The molecule has 1 aliphatic heterocycles. The number of allylic oxidation sites excluding steroid dienone is 1. The van der Waals surface area contributed by atoms with E-state index in [1.165, 1.54) is 0 Å². The third-order valence-corrected chi connectivity index (χ3v) is 6.32. The summed E-state index contributed by atoms with van der Waals surface area (Å²) in [6.45, 7) is 10.2. The minimum Gasteiger partial charge on any atom is -0.369 e. The molecule has 0 bridgehead atoms. The van der Waals surface area contributed by atoms with Gasteiger partial charge in [-0.05, 0) is 31.2 Å². The van der Waals surface area contributed by atoms with E-state index in [2.05, 4.69) is 11.9 Å². The Morgan fingerprint density at radius 2 is 1.78 bits per heavy atom. The molecule has 36 heavy (non-hydrogen) atoms. The van der Waals surface area contributed by atoms with Gasteiger partial charge in [0.15, 0.2) is 0 Å². The Morgan fingerprint density at radius 1 is 1.11 bits per heavy atom. The van der Waals surface area contributed by atoms with Crippen LogP contribution in [0.25, 0.3) is 0 Å². The van der Waals surface area contributed by atoms with E-state index in [4.69, 9.17) is 10.7 Å². The van der Waals surface area contributed by atoms with Crippen LogP contribution in [0.4, 0.5) is 5.69 Å². The van der Waals surface area contributed by atoms with Crippen LogP contribution in [0.1, 0.15) is 51.2 Å². The highest BCUT2D eigenvalue weighted by Gasteiger charge is 2.37. The SMILES string of the molecule is C=CC[C@H](C(N)=O)C(CC(C)C)C(=O)N[C@H]1N=C(c2ccccc2)c2ccccc2N(CCC)C1=O. The molecule has 2 aromatic rings. The third-order valence-electron chi connectivity index (χ3n) is 6.32. The standard InChI is InChI=1S/C29H36N4O3/c1-5-12-21(26(30)34)23(18-19(3)4)28(35)32-27-29(36)33(17-6-2)24-16-11-10-15-22(24)25(31-27)20-13-8-7-9-14-20/h5,7-11,13-16,19,21,23,27H,1,6,12,17-18H2,2-4H3,(H2,30,34)(H,32,35)/t21-,23?,27+/m0/s1. The van der Waals surface area contributed by atoms with Crippen molar-refractivity contribution >= 4 is 29.1 Å². The predicted molar refractivity (Wildman–Crippen MR) is 144 cm³/mol. The van der Waals surface area contributed by atoms with Crippen LogP contribution < -0.4 is 16.0 Å². The zero-order valence-electron chi connectivity index (χ0n) is 21.3. The van der Waals surface area contributed by atoms with Crippen molar-refractivity contribution < 1.29 is 14.4 Å². The molecule has 1 unspecified atom stereocenters. The van der Waals surface area contributed by atoms with Crippen molar-refractivity contribution in [2.45, 2.75) is 46.2 Å². The number of hydrogen-bond donors (Lipinski definition) is 2. The fourth-order valence-corrected chi connectivity index (χ4v) is 4.67. The average Bonchev–Trinajstić information content (AvgIpc) is 2.97. The van der Waals surface area contributed by atoms with E-state index in [-0.39, 0.29) is 18.2 Å². The quantitative estimate of drug-likeness (QED) is 0.466. The van der Waals surface area contributed by atoms with E-state index < -0.39 is 29.8 Å². The fraction of sp³-hybridized carbons (Fsp3) is 0.379. The Balaban J connectivity index is 2.08. The summed E-state index contributed by atoms with van der Waals surface area (Å²) in [6, 6.07) is 17.3. The molecule has 2 aromatic carbocycles. The van der Waals surface area contributed by atoms with Crippen LogP contribution in [0.5, 0.6) is 0 Å². The number of carbonyl (C=O) groups excluding carboxylic acids is 3. The molecule has 0 spiro atoms. The number of aliphatic imine (C=N–C) groups is 1. The van der Waals surface area contributed by atoms with Crippen LogP contribution in [0.15, 0.2) is 72.2 Å². The number of nitrogens with one attached hydrogen (secondary N) is 1. The smallest absolute Gasteiger partial charge is 0.272 e. The molecular weight excluding hydrogens is 452 g/mol. The molecule has 0 fully saturated rings. The number of benzene rings is 2. The molecule has 7 nitrogen and oxygen atoms in total. The van der Waals surface area contributed by atoms with Gasteiger partial charge < -0.3 is 16.0 Å². The highest BCUT2D eigenvalue weighted by molar-refractivity contribution is 6.20. The highest BCUT2D eigenvalue weighted by atomic mass is 16.2. The summed E-state index contributed by atoms with van der Waals surface area (Å²) in [5.41, 5.74) is 8.72. The molecule has 3 rings (SSSR count). The summed E-state index contributed by atoms with van der Waals surface area (Å²) < 4.78 is 0. The van der Waals surface area contributed by atoms with E-state index in [9.17, 15) is 14.4 Å².